The number of hydrogen-bond donors (Lipinski definition) is 1. The minimum atomic E-state index is -0.598. The van der Waals surface area contributed by atoms with Crippen LogP contribution in [0.3, 0.4) is 0 Å². The second kappa shape index (κ2) is 6.48. The predicted octanol–water partition coefficient (Wildman–Crippen LogP) is 1.76. The highest BCUT2D eigenvalue weighted by Crippen LogP contribution is 2.26. The molecule has 0 fully saturated rings. The van der Waals surface area contributed by atoms with Crippen molar-refractivity contribution < 1.29 is 14.3 Å². The molecule has 3 rings (SSSR count). The SMILES string of the molecule is COc1cccc(C(=O)Cn2cnc3sc(C(N)=O)c(C)c3c2=O)c1. The largest absolute Gasteiger partial charge is 0.497 e. The molecule has 0 bridgehead atoms. The summed E-state index contributed by atoms with van der Waals surface area (Å²) in [4.78, 5) is 41.5. The zero-order chi connectivity index (χ0) is 18.1. The third kappa shape index (κ3) is 3.03. The molecule has 0 unspecified atom stereocenters. The number of primary amides is 1. The predicted molar refractivity (Wildman–Crippen MR) is 94.5 cm³/mol. The van der Waals surface area contributed by atoms with Gasteiger partial charge in [-0.05, 0) is 24.6 Å². The van der Waals surface area contributed by atoms with Gasteiger partial charge in [0.25, 0.3) is 11.5 Å². The van der Waals surface area contributed by atoms with E-state index in [1.807, 2.05) is 0 Å². The highest BCUT2D eigenvalue weighted by Gasteiger charge is 2.18. The number of nitrogens with zero attached hydrogens (tertiary/aromatic N) is 2. The van der Waals surface area contributed by atoms with E-state index in [4.69, 9.17) is 10.5 Å². The zero-order valence-electron chi connectivity index (χ0n) is 13.6. The molecule has 0 radical (unpaired) electrons. The lowest BCUT2D eigenvalue weighted by Gasteiger charge is -2.06. The molecular weight excluding hydrogens is 342 g/mol. The first-order valence-electron chi connectivity index (χ1n) is 7.38. The Bertz CT molecular complexity index is 1050. The summed E-state index contributed by atoms with van der Waals surface area (Å²) in [5.74, 6) is -0.282. The average Bonchev–Trinajstić information content (AvgIpc) is 2.95. The number of ether oxygens (including phenoxy) is 1. The van der Waals surface area contributed by atoms with Gasteiger partial charge in [-0.15, -0.1) is 11.3 Å². The van der Waals surface area contributed by atoms with Crippen LogP contribution in [-0.2, 0) is 6.54 Å². The smallest absolute Gasteiger partial charge is 0.262 e. The molecule has 0 aliphatic rings. The minimum Gasteiger partial charge on any atom is -0.497 e. The fraction of sp³-hybridized carbons (Fsp3) is 0.176. The first-order valence-corrected chi connectivity index (χ1v) is 8.19. The topological polar surface area (TPSA) is 104 Å². The van der Waals surface area contributed by atoms with Crippen molar-refractivity contribution in [2.45, 2.75) is 13.5 Å². The summed E-state index contributed by atoms with van der Waals surface area (Å²) in [6, 6.07) is 6.71. The third-order valence-corrected chi connectivity index (χ3v) is 5.06. The summed E-state index contributed by atoms with van der Waals surface area (Å²) in [6.45, 7) is 1.49. The molecular formula is C17H15N3O4S. The second-order valence-electron chi connectivity index (χ2n) is 5.43. The number of Topliss-reactive ketones (excluding diaryl/α,β-unsaturated/α-hetero) is 1. The number of rotatable bonds is 5. The van der Waals surface area contributed by atoms with Crippen molar-refractivity contribution >= 4 is 33.2 Å². The number of aryl methyl sites for hydroxylation is 1. The standard InChI is InChI=1S/C17H15N3O4S/c1-9-13-16(25-14(9)15(18)22)19-8-20(17(13)23)7-12(21)10-4-3-5-11(6-10)24-2/h3-6,8H,7H2,1-2H3,(H2,18,22). The average molecular weight is 357 g/mol. The number of carbonyl (C=O) groups is 2. The molecule has 0 spiro atoms. The highest BCUT2D eigenvalue weighted by molar-refractivity contribution is 7.20. The Labute approximate surface area is 146 Å². The van der Waals surface area contributed by atoms with E-state index in [1.54, 1.807) is 31.2 Å². The van der Waals surface area contributed by atoms with E-state index in [1.165, 1.54) is 18.0 Å². The number of benzene rings is 1. The molecule has 2 N–H and O–H groups in total. The van der Waals surface area contributed by atoms with Crippen molar-refractivity contribution in [2.75, 3.05) is 7.11 Å². The van der Waals surface area contributed by atoms with Gasteiger partial charge in [0.2, 0.25) is 0 Å². The third-order valence-electron chi connectivity index (χ3n) is 3.85. The van der Waals surface area contributed by atoms with Crippen molar-refractivity contribution in [3.8, 4) is 5.75 Å². The zero-order valence-corrected chi connectivity index (χ0v) is 14.4. The van der Waals surface area contributed by atoms with E-state index in [-0.39, 0.29) is 17.9 Å². The number of hydrogen-bond acceptors (Lipinski definition) is 6. The number of thiophene rings is 1. The normalized spacial score (nSPS) is 10.8. The van der Waals surface area contributed by atoms with Gasteiger partial charge in [-0.25, -0.2) is 4.98 Å². The van der Waals surface area contributed by atoms with E-state index >= 15 is 0 Å². The quantitative estimate of drug-likeness (QED) is 0.701. The van der Waals surface area contributed by atoms with E-state index in [0.717, 1.165) is 11.3 Å². The molecule has 8 heteroatoms. The van der Waals surface area contributed by atoms with Gasteiger partial charge in [0, 0.05) is 5.56 Å². The van der Waals surface area contributed by atoms with E-state index in [0.29, 0.717) is 32.0 Å². The summed E-state index contributed by atoms with van der Waals surface area (Å²) >= 11 is 1.07. The van der Waals surface area contributed by atoms with Crippen molar-refractivity contribution in [2.24, 2.45) is 5.73 Å². The van der Waals surface area contributed by atoms with Crippen LogP contribution in [-0.4, -0.2) is 28.4 Å². The summed E-state index contributed by atoms with van der Waals surface area (Å²) in [7, 11) is 1.52. The molecule has 128 valence electrons. The highest BCUT2D eigenvalue weighted by atomic mass is 32.1. The number of aromatic nitrogens is 2. The Balaban J connectivity index is 2.00. The fourth-order valence-corrected chi connectivity index (χ4v) is 3.54. The van der Waals surface area contributed by atoms with Crippen LogP contribution in [0.25, 0.3) is 10.2 Å². The molecule has 1 aromatic carbocycles. The Morgan fingerprint density at radius 1 is 1.36 bits per heavy atom. The van der Waals surface area contributed by atoms with Crippen molar-refractivity contribution in [1.82, 2.24) is 9.55 Å². The summed E-state index contributed by atoms with van der Waals surface area (Å²) in [5.41, 5.74) is 5.88. The summed E-state index contributed by atoms with van der Waals surface area (Å²) in [6.07, 6.45) is 1.31. The molecule has 2 heterocycles. The van der Waals surface area contributed by atoms with Crippen LogP contribution in [0, 0.1) is 6.92 Å². The Hall–Kier alpha value is -3.00. The lowest BCUT2D eigenvalue weighted by molar-refractivity contribution is 0.0968. The first-order chi connectivity index (χ1) is 11.9. The molecule has 0 atom stereocenters. The maximum absolute atomic E-state index is 12.7. The van der Waals surface area contributed by atoms with Crippen molar-refractivity contribution in [3.63, 3.8) is 0 Å². The number of amides is 1. The molecule has 2 aromatic heterocycles. The molecule has 1 amide bonds. The van der Waals surface area contributed by atoms with Gasteiger partial charge in [-0.2, -0.15) is 0 Å². The lowest BCUT2D eigenvalue weighted by atomic mass is 10.1. The Kier molecular flexibility index (Phi) is 4.37. The van der Waals surface area contributed by atoms with E-state index in [2.05, 4.69) is 4.98 Å². The first kappa shape index (κ1) is 16.8. The van der Waals surface area contributed by atoms with E-state index in [9.17, 15) is 14.4 Å². The molecule has 0 aliphatic heterocycles. The number of ketones is 1. The van der Waals surface area contributed by atoms with Gasteiger partial charge in [-0.1, -0.05) is 12.1 Å². The molecule has 7 nitrogen and oxygen atoms in total. The van der Waals surface area contributed by atoms with Crippen LogP contribution >= 0.6 is 11.3 Å². The van der Waals surface area contributed by atoms with Gasteiger partial charge in [0.05, 0.1) is 30.2 Å². The van der Waals surface area contributed by atoms with Gasteiger partial charge in [-0.3, -0.25) is 19.0 Å². The minimum absolute atomic E-state index is 0.157. The number of carbonyl (C=O) groups excluding carboxylic acids is 2. The van der Waals surface area contributed by atoms with Crippen LogP contribution in [0.1, 0.15) is 25.6 Å². The van der Waals surface area contributed by atoms with Crippen LogP contribution in [0.5, 0.6) is 5.75 Å². The van der Waals surface area contributed by atoms with E-state index < -0.39 is 5.91 Å². The van der Waals surface area contributed by atoms with Crippen LogP contribution in [0.2, 0.25) is 0 Å². The van der Waals surface area contributed by atoms with Crippen LogP contribution in [0.4, 0.5) is 0 Å². The van der Waals surface area contributed by atoms with Gasteiger partial charge < -0.3 is 10.5 Å². The Morgan fingerprint density at radius 3 is 2.80 bits per heavy atom. The number of nitrogens with two attached hydrogens (primary N) is 1. The monoisotopic (exact) mass is 357 g/mol. The number of fused-ring (bicyclic) bond motifs is 1. The molecule has 25 heavy (non-hydrogen) atoms. The van der Waals surface area contributed by atoms with Crippen LogP contribution < -0.4 is 16.0 Å². The van der Waals surface area contributed by atoms with Crippen LogP contribution in [0.15, 0.2) is 35.4 Å². The summed E-state index contributed by atoms with van der Waals surface area (Å²) < 4.78 is 6.33. The Morgan fingerprint density at radius 2 is 2.12 bits per heavy atom. The second-order valence-corrected chi connectivity index (χ2v) is 6.43. The molecule has 0 saturated heterocycles. The van der Waals surface area contributed by atoms with Crippen molar-refractivity contribution in [1.29, 1.82) is 0 Å². The molecule has 3 aromatic rings. The van der Waals surface area contributed by atoms with Gasteiger partial charge in [0.15, 0.2) is 5.78 Å². The lowest BCUT2D eigenvalue weighted by Crippen LogP contribution is -2.24. The number of methoxy groups -OCH3 is 1. The molecule has 0 saturated carbocycles. The van der Waals surface area contributed by atoms with Crippen molar-refractivity contribution in [3.05, 3.63) is 57.0 Å². The van der Waals surface area contributed by atoms with Gasteiger partial charge >= 0.3 is 0 Å². The maximum Gasteiger partial charge on any atom is 0.262 e. The fourth-order valence-electron chi connectivity index (χ4n) is 2.55. The molecule has 0 aliphatic carbocycles. The van der Waals surface area contributed by atoms with Gasteiger partial charge in [0.1, 0.15) is 10.6 Å². The maximum atomic E-state index is 12.7. The summed E-state index contributed by atoms with van der Waals surface area (Å²) in [5, 5.41) is 0.319.